The number of hydrogen-bond donors (Lipinski definition) is 3. The van der Waals surface area contributed by atoms with Gasteiger partial charge in [0.25, 0.3) is 0 Å². The van der Waals surface area contributed by atoms with E-state index in [-0.39, 0.29) is 41.4 Å². The predicted octanol–water partition coefficient (Wildman–Crippen LogP) is 5.35. The lowest BCUT2D eigenvalue weighted by molar-refractivity contribution is -0.120. The average Bonchev–Trinajstić information content (AvgIpc) is 2.99. The van der Waals surface area contributed by atoms with Crippen LogP contribution in [0.2, 0.25) is 0 Å². The first-order chi connectivity index (χ1) is 17.8. The third-order valence-corrected chi connectivity index (χ3v) is 7.79. The van der Waals surface area contributed by atoms with Crippen molar-refractivity contribution in [1.82, 2.24) is 5.32 Å². The van der Waals surface area contributed by atoms with Crippen LogP contribution in [-0.4, -0.2) is 35.9 Å². The Morgan fingerprint density at radius 2 is 1.89 bits per heavy atom. The summed E-state index contributed by atoms with van der Waals surface area (Å²) in [5.41, 5.74) is 4.76. The van der Waals surface area contributed by atoms with Gasteiger partial charge in [-0.3, -0.25) is 9.59 Å². The van der Waals surface area contributed by atoms with E-state index in [9.17, 15) is 14.7 Å². The number of phenols is 1. The molecule has 0 bridgehead atoms. The molecule has 3 N–H and O–H groups in total. The quantitative estimate of drug-likeness (QED) is 0.467. The van der Waals surface area contributed by atoms with Crippen molar-refractivity contribution in [1.29, 1.82) is 0 Å². The maximum absolute atomic E-state index is 13.7. The molecule has 2 aromatic carbocycles. The highest BCUT2D eigenvalue weighted by Gasteiger charge is 2.43. The first-order valence-electron chi connectivity index (χ1n) is 13.4. The number of fused-ring (bicyclic) bond motifs is 1. The largest absolute Gasteiger partial charge is 0.508 e. The SMILES string of the molecule is CC1(C)CC(=O)C2=C(C1)Nc1ccccc1N(CC(=O)NCCc1ccc(O)cc1)C2C1CC=CCC1. The number of hydrogen-bond acceptors (Lipinski definition) is 5. The summed E-state index contributed by atoms with van der Waals surface area (Å²) >= 11 is 0. The van der Waals surface area contributed by atoms with E-state index >= 15 is 0 Å². The number of anilines is 2. The molecule has 3 aliphatic rings. The molecular formula is C31H37N3O3. The van der Waals surface area contributed by atoms with Gasteiger partial charge < -0.3 is 20.6 Å². The van der Waals surface area contributed by atoms with Crippen LogP contribution in [0.3, 0.4) is 0 Å². The number of carbonyl (C=O) groups is 2. The summed E-state index contributed by atoms with van der Waals surface area (Å²) in [7, 11) is 0. The third kappa shape index (κ3) is 5.58. The number of benzene rings is 2. The number of carbonyl (C=O) groups excluding carboxylic acids is 2. The molecule has 2 aliphatic carbocycles. The van der Waals surface area contributed by atoms with E-state index in [1.54, 1.807) is 12.1 Å². The Hall–Kier alpha value is -3.54. The van der Waals surface area contributed by atoms with Crippen molar-refractivity contribution in [2.24, 2.45) is 11.3 Å². The van der Waals surface area contributed by atoms with Crippen LogP contribution >= 0.6 is 0 Å². The number of nitrogens with one attached hydrogen (secondary N) is 2. The van der Waals surface area contributed by atoms with Gasteiger partial charge in [-0.2, -0.15) is 0 Å². The first-order valence-corrected chi connectivity index (χ1v) is 13.4. The summed E-state index contributed by atoms with van der Waals surface area (Å²) in [6, 6.07) is 15.0. The van der Waals surface area contributed by atoms with Crippen LogP contribution in [-0.2, 0) is 16.0 Å². The van der Waals surface area contributed by atoms with Gasteiger partial charge in [0.05, 0.1) is 24.0 Å². The van der Waals surface area contributed by atoms with Gasteiger partial charge in [-0.15, -0.1) is 0 Å². The second-order valence-corrected chi connectivity index (χ2v) is 11.4. The molecule has 0 saturated carbocycles. The number of phenolic OH excluding ortho intramolecular Hbond substituents is 1. The number of ketones is 1. The zero-order chi connectivity index (χ0) is 26.0. The van der Waals surface area contributed by atoms with Crippen molar-refractivity contribution in [3.05, 3.63) is 77.5 Å². The summed E-state index contributed by atoms with van der Waals surface area (Å²) in [6.45, 7) is 5.01. The zero-order valence-electron chi connectivity index (χ0n) is 21.8. The monoisotopic (exact) mass is 499 g/mol. The Labute approximate surface area is 219 Å². The van der Waals surface area contributed by atoms with Crippen LogP contribution in [0.25, 0.3) is 0 Å². The van der Waals surface area contributed by atoms with E-state index in [4.69, 9.17) is 0 Å². The number of allylic oxidation sites excluding steroid dienone is 3. The summed E-state index contributed by atoms with van der Waals surface area (Å²) in [5.74, 6) is 0.637. The van der Waals surface area contributed by atoms with Crippen molar-refractivity contribution in [2.45, 2.75) is 58.4 Å². The molecule has 5 rings (SSSR count). The Bertz CT molecular complexity index is 1230. The van der Waals surface area contributed by atoms with Gasteiger partial charge in [0.2, 0.25) is 5.91 Å². The number of rotatable bonds is 6. The molecular weight excluding hydrogens is 462 g/mol. The van der Waals surface area contributed by atoms with Crippen molar-refractivity contribution in [3.8, 4) is 5.75 Å². The van der Waals surface area contributed by atoms with Crippen molar-refractivity contribution in [3.63, 3.8) is 0 Å². The van der Waals surface area contributed by atoms with Crippen LogP contribution in [0.1, 0.15) is 51.5 Å². The highest BCUT2D eigenvalue weighted by molar-refractivity contribution is 6.01. The van der Waals surface area contributed by atoms with Crippen LogP contribution in [0.15, 0.2) is 72.0 Å². The van der Waals surface area contributed by atoms with Gasteiger partial charge in [0.1, 0.15) is 5.75 Å². The number of para-hydroxylation sites is 2. The number of nitrogens with zero attached hydrogens (tertiary/aromatic N) is 1. The molecule has 37 heavy (non-hydrogen) atoms. The molecule has 0 radical (unpaired) electrons. The van der Waals surface area contributed by atoms with Crippen LogP contribution in [0.4, 0.5) is 11.4 Å². The third-order valence-electron chi connectivity index (χ3n) is 7.79. The van der Waals surface area contributed by atoms with E-state index in [2.05, 4.69) is 47.6 Å². The summed E-state index contributed by atoms with van der Waals surface area (Å²) in [6.07, 6.45) is 9.36. The molecule has 1 aliphatic heterocycles. The number of Topliss-reactive ketones (excluding diaryl/α,β-unsaturated/α-hetero) is 1. The van der Waals surface area contributed by atoms with Gasteiger partial charge in [-0.25, -0.2) is 0 Å². The fraction of sp³-hybridized carbons (Fsp3) is 0.419. The molecule has 2 atom stereocenters. The predicted molar refractivity (Wildman–Crippen MR) is 148 cm³/mol. The topological polar surface area (TPSA) is 81.7 Å². The Morgan fingerprint density at radius 1 is 1.11 bits per heavy atom. The fourth-order valence-corrected chi connectivity index (χ4v) is 6.08. The minimum atomic E-state index is -0.150. The second-order valence-electron chi connectivity index (χ2n) is 11.4. The van der Waals surface area contributed by atoms with E-state index in [0.29, 0.717) is 19.4 Å². The fourth-order valence-electron chi connectivity index (χ4n) is 6.08. The van der Waals surface area contributed by atoms with E-state index in [1.165, 1.54) is 0 Å². The Balaban J connectivity index is 1.45. The standard InChI is InChI=1S/C31H37N3O3/c1-31(2)18-25-29(27(36)19-31)30(22-8-4-3-5-9-22)34(26-11-7-6-10-24(26)33-25)20-28(37)32-17-16-21-12-14-23(35)15-13-21/h3-4,6-7,10-15,22,30,33,35H,5,8-9,16-20H2,1-2H3,(H,32,37). The molecule has 2 unspecified atom stereocenters. The molecule has 2 aromatic rings. The smallest absolute Gasteiger partial charge is 0.239 e. The second kappa shape index (κ2) is 10.4. The highest BCUT2D eigenvalue weighted by Crippen LogP contribution is 2.46. The zero-order valence-corrected chi connectivity index (χ0v) is 21.8. The van der Waals surface area contributed by atoms with Crippen LogP contribution in [0, 0.1) is 11.3 Å². The molecule has 0 spiro atoms. The van der Waals surface area contributed by atoms with Crippen molar-refractivity contribution < 1.29 is 14.7 Å². The van der Waals surface area contributed by atoms with Crippen LogP contribution in [0.5, 0.6) is 5.75 Å². The van der Waals surface area contributed by atoms with Gasteiger partial charge in [-0.1, -0.05) is 50.3 Å². The van der Waals surface area contributed by atoms with Crippen molar-refractivity contribution in [2.75, 3.05) is 23.3 Å². The van der Waals surface area contributed by atoms with E-state index in [1.807, 2.05) is 30.3 Å². The first kappa shape index (κ1) is 25.1. The maximum atomic E-state index is 13.7. The lowest BCUT2D eigenvalue weighted by Crippen LogP contribution is -2.50. The highest BCUT2D eigenvalue weighted by atomic mass is 16.3. The summed E-state index contributed by atoms with van der Waals surface area (Å²) in [5, 5.41) is 16.2. The summed E-state index contributed by atoms with van der Waals surface area (Å²) in [4.78, 5) is 29.2. The molecule has 6 heteroatoms. The minimum absolute atomic E-state index is 0.0578. The molecule has 6 nitrogen and oxygen atoms in total. The lowest BCUT2D eigenvalue weighted by atomic mass is 9.71. The maximum Gasteiger partial charge on any atom is 0.239 e. The Kier molecular flexibility index (Phi) is 7.09. The van der Waals surface area contributed by atoms with E-state index in [0.717, 1.165) is 53.9 Å². The normalized spacial score (nSPS) is 22.5. The minimum Gasteiger partial charge on any atom is -0.508 e. The number of amides is 1. The molecule has 194 valence electrons. The lowest BCUT2D eigenvalue weighted by Gasteiger charge is -2.41. The van der Waals surface area contributed by atoms with Gasteiger partial charge in [-0.05, 0) is 73.3 Å². The Morgan fingerprint density at radius 3 is 2.65 bits per heavy atom. The molecule has 0 aromatic heterocycles. The molecule has 0 saturated heterocycles. The van der Waals surface area contributed by atoms with Gasteiger partial charge in [0.15, 0.2) is 5.78 Å². The molecule has 1 amide bonds. The molecule has 1 heterocycles. The van der Waals surface area contributed by atoms with Gasteiger partial charge in [0, 0.05) is 24.2 Å². The summed E-state index contributed by atoms with van der Waals surface area (Å²) < 4.78 is 0. The van der Waals surface area contributed by atoms with Crippen molar-refractivity contribution >= 4 is 23.1 Å². The van der Waals surface area contributed by atoms with Gasteiger partial charge >= 0.3 is 0 Å². The van der Waals surface area contributed by atoms with Crippen LogP contribution < -0.4 is 15.5 Å². The van der Waals surface area contributed by atoms with E-state index < -0.39 is 0 Å². The number of aromatic hydroxyl groups is 1. The average molecular weight is 500 g/mol. The molecule has 0 fully saturated rings.